The van der Waals surface area contributed by atoms with Crippen molar-refractivity contribution >= 4 is 23.9 Å². The van der Waals surface area contributed by atoms with Gasteiger partial charge in [0.2, 0.25) is 0 Å². The lowest BCUT2D eigenvalue weighted by atomic mass is 9.74. The molecule has 0 unspecified atom stereocenters. The van der Waals surface area contributed by atoms with Gasteiger partial charge >= 0.3 is 23.9 Å². The van der Waals surface area contributed by atoms with Gasteiger partial charge in [0.1, 0.15) is 0 Å². The van der Waals surface area contributed by atoms with Crippen molar-refractivity contribution in [1.29, 1.82) is 0 Å². The number of ether oxygens (including phenoxy) is 3. The predicted molar refractivity (Wildman–Crippen MR) is 99.7 cm³/mol. The van der Waals surface area contributed by atoms with Crippen LogP contribution in [-0.2, 0) is 33.4 Å². The second-order valence-corrected chi connectivity index (χ2v) is 6.66. The summed E-state index contributed by atoms with van der Waals surface area (Å²) in [5.74, 6) is -2.02. The molecule has 0 aliphatic rings. The van der Waals surface area contributed by atoms with E-state index in [1.165, 1.54) is 0 Å². The first-order valence-electron chi connectivity index (χ1n) is 9.87. The van der Waals surface area contributed by atoms with Crippen molar-refractivity contribution in [3.63, 3.8) is 0 Å². The van der Waals surface area contributed by atoms with Crippen molar-refractivity contribution < 1.29 is 33.4 Å². The van der Waals surface area contributed by atoms with E-state index in [1.807, 2.05) is 13.8 Å². The summed E-state index contributed by atoms with van der Waals surface area (Å²) in [6, 6.07) is 0. The third kappa shape index (κ3) is 11.4. The minimum atomic E-state index is -0.665. The molecular formula is C20H34O7. The molecule has 7 heteroatoms. The number of carbonyl (C=O) groups is 4. The molecule has 0 aromatic rings. The van der Waals surface area contributed by atoms with Gasteiger partial charge in [-0.15, -0.1) is 0 Å². The van der Waals surface area contributed by atoms with E-state index in [4.69, 9.17) is 14.2 Å². The minimum absolute atomic E-state index is 0.00287. The molecule has 0 amide bonds. The molecule has 0 radical (unpaired) electrons. The van der Waals surface area contributed by atoms with Crippen LogP contribution in [0.4, 0.5) is 0 Å². The summed E-state index contributed by atoms with van der Waals surface area (Å²) in [6.45, 7) is 8.00. The molecule has 0 aliphatic carbocycles. The maximum absolute atomic E-state index is 12.3. The highest BCUT2D eigenvalue weighted by molar-refractivity contribution is 5.86. The summed E-state index contributed by atoms with van der Waals surface area (Å²) >= 11 is 0. The van der Waals surface area contributed by atoms with Crippen LogP contribution in [0.25, 0.3) is 0 Å². The summed E-state index contributed by atoms with van der Waals surface area (Å²) < 4.78 is 14.7. The Bertz CT molecular complexity index is 479. The molecule has 7 nitrogen and oxygen atoms in total. The van der Waals surface area contributed by atoms with Gasteiger partial charge in [0, 0.05) is 12.8 Å². The highest BCUT2D eigenvalue weighted by atomic mass is 16.6. The molecule has 27 heavy (non-hydrogen) atoms. The fourth-order valence-electron chi connectivity index (χ4n) is 3.25. The Morgan fingerprint density at radius 3 is 1.67 bits per heavy atom. The van der Waals surface area contributed by atoms with E-state index >= 15 is 0 Å². The number of hydrogen-bond acceptors (Lipinski definition) is 7. The molecule has 0 heterocycles. The van der Waals surface area contributed by atoms with E-state index in [9.17, 15) is 19.2 Å². The number of rotatable bonds is 14. The summed E-state index contributed by atoms with van der Waals surface area (Å²) in [5, 5.41) is 0. The highest BCUT2D eigenvalue weighted by Crippen LogP contribution is 2.38. The van der Waals surface area contributed by atoms with Gasteiger partial charge in [-0.25, -0.2) is 0 Å². The Morgan fingerprint density at radius 1 is 0.667 bits per heavy atom. The Kier molecular flexibility index (Phi) is 13.2. The molecule has 0 saturated carbocycles. The van der Waals surface area contributed by atoms with Gasteiger partial charge < -0.3 is 14.2 Å². The van der Waals surface area contributed by atoms with Crippen molar-refractivity contribution in [2.45, 2.75) is 85.5 Å². The van der Waals surface area contributed by atoms with Gasteiger partial charge in [0.15, 0.2) is 0 Å². The lowest BCUT2D eigenvalue weighted by Gasteiger charge is -2.31. The monoisotopic (exact) mass is 386 g/mol. The quantitative estimate of drug-likeness (QED) is 0.255. The van der Waals surface area contributed by atoms with Gasteiger partial charge in [0.05, 0.1) is 26.1 Å². The summed E-state index contributed by atoms with van der Waals surface area (Å²) in [6.07, 6.45) is 3.43. The van der Waals surface area contributed by atoms with Gasteiger partial charge in [0.25, 0.3) is 0 Å². The largest absolute Gasteiger partial charge is 0.466 e. The van der Waals surface area contributed by atoms with Gasteiger partial charge in [-0.1, -0.05) is 26.7 Å². The van der Waals surface area contributed by atoms with Gasteiger partial charge in [-0.05, 0) is 38.5 Å². The number of carbonyl (C=O) groups excluding carboxylic acids is 4. The molecule has 0 spiro atoms. The van der Waals surface area contributed by atoms with Crippen LogP contribution in [0.1, 0.15) is 85.5 Å². The van der Waals surface area contributed by atoms with Crippen molar-refractivity contribution in [1.82, 2.24) is 0 Å². The first kappa shape index (κ1) is 25.1. The average Bonchev–Trinajstić information content (AvgIpc) is 2.55. The van der Waals surface area contributed by atoms with E-state index in [0.29, 0.717) is 19.4 Å². The average molecular weight is 386 g/mol. The second-order valence-electron chi connectivity index (χ2n) is 6.66. The summed E-state index contributed by atoms with van der Waals surface area (Å²) in [5.41, 5.74) is -0.557. The van der Waals surface area contributed by atoms with Crippen LogP contribution in [0.5, 0.6) is 0 Å². The molecule has 0 N–H and O–H groups in total. The maximum Gasteiger partial charge on any atom is 0.314 e. The van der Waals surface area contributed by atoms with Crippen LogP contribution in [-0.4, -0.2) is 37.1 Å². The first-order valence-corrected chi connectivity index (χ1v) is 9.87. The Labute approximate surface area is 162 Å². The lowest BCUT2D eigenvalue weighted by Crippen LogP contribution is -2.30. The van der Waals surface area contributed by atoms with Crippen molar-refractivity contribution in [3.05, 3.63) is 0 Å². The molecular weight excluding hydrogens is 352 g/mol. The molecule has 156 valence electrons. The van der Waals surface area contributed by atoms with Gasteiger partial charge in [-0.3, -0.25) is 19.2 Å². The molecule has 0 bridgehead atoms. The minimum Gasteiger partial charge on any atom is -0.466 e. The fraction of sp³-hybridized carbons (Fsp3) is 0.800. The van der Waals surface area contributed by atoms with E-state index in [1.54, 1.807) is 13.8 Å². The smallest absolute Gasteiger partial charge is 0.314 e. The maximum atomic E-state index is 12.3. The zero-order chi connectivity index (χ0) is 20.7. The van der Waals surface area contributed by atoms with E-state index in [-0.39, 0.29) is 50.6 Å². The zero-order valence-corrected chi connectivity index (χ0v) is 17.1. The van der Waals surface area contributed by atoms with Crippen LogP contribution < -0.4 is 0 Å². The van der Waals surface area contributed by atoms with Crippen LogP contribution in [0.15, 0.2) is 0 Å². The Balaban J connectivity index is 4.70. The summed E-state index contributed by atoms with van der Waals surface area (Å²) in [4.78, 5) is 47.3. The Morgan fingerprint density at radius 2 is 1.15 bits per heavy atom. The molecule has 0 saturated heterocycles. The second kappa shape index (κ2) is 14.2. The zero-order valence-electron chi connectivity index (χ0n) is 17.1. The Hall–Kier alpha value is -1.92. The third-order valence-electron chi connectivity index (χ3n) is 4.20. The van der Waals surface area contributed by atoms with Crippen LogP contribution in [0.2, 0.25) is 0 Å². The first-order chi connectivity index (χ1) is 12.8. The van der Waals surface area contributed by atoms with E-state index in [2.05, 4.69) is 0 Å². The molecule has 0 aromatic carbocycles. The third-order valence-corrected chi connectivity index (χ3v) is 4.20. The fourth-order valence-corrected chi connectivity index (χ4v) is 3.25. The highest BCUT2D eigenvalue weighted by Gasteiger charge is 2.35. The summed E-state index contributed by atoms with van der Waals surface area (Å²) in [7, 11) is 0. The van der Waals surface area contributed by atoms with Crippen molar-refractivity contribution in [2.75, 3.05) is 13.2 Å². The van der Waals surface area contributed by atoms with Crippen LogP contribution >= 0.6 is 0 Å². The van der Waals surface area contributed by atoms with Crippen molar-refractivity contribution in [3.8, 4) is 0 Å². The topological polar surface area (TPSA) is 96.0 Å². The molecule has 0 fully saturated rings. The van der Waals surface area contributed by atoms with E-state index in [0.717, 1.165) is 12.8 Å². The van der Waals surface area contributed by atoms with Crippen LogP contribution in [0.3, 0.4) is 0 Å². The number of hydrogen-bond donors (Lipinski definition) is 0. The van der Waals surface area contributed by atoms with Crippen LogP contribution in [0, 0.1) is 5.41 Å². The van der Waals surface area contributed by atoms with Crippen molar-refractivity contribution in [2.24, 2.45) is 5.41 Å². The van der Waals surface area contributed by atoms with E-state index < -0.39 is 17.4 Å². The lowest BCUT2D eigenvalue weighted by molar-refractivity contribution is -0.162. The SMILES string of the molecule is CCCC(CCC)(CC(=O)OCC)CC(=O)OC(=O)CCCC(=O)OCC. The molecule has 0 atom stereocenters. The standard InChI is InChI=1S/C20H34O7/c1-5-12-20(13-6-2,14-18(23)26-8-4)15-19(24)27-17(22)11-9-10-16(21)25-7-3/h5-15H2,1-4H3. The molecule has 0 aromatic heterocycles. The molecule has 0 rings (SSSR count). The van der Waals surface area contributed by atoms with Gasteiger partial charge in [-0.2, -0.15) is 0 Å². The predicted octanol–water partition coefficient (Wildman–Crippen LogP) is 3.72. The molecule has 0 aliphatic heterocycles. The normalized spacial score (nSPS) is 11.0. The number of esters is 4.